The monoisotopic (exact) mass is 537 g/mol. The van der Waals surface area contributed by atoms with E-state index in [1.54, 1.807) is 36.4 Å². The topological polar surface area (TPSA) is 91.8 Å². The summed E-state index contributed by atoms with van der Waals surface area (Å²) in [4.78, 5) is 0.00399. The first kappa shape index (κ1) is 20.9. The summed E-state index contributed by atoms with van der Waals surface area (Å²) in [6.45, 7) is -0.0423. The molecule has 2 atom stereocenters. The van der Waals surface area contributed by atoms with Gasteiger partial charge in [-0.1, -0.05) is 46.3 Å². The molecule has 1 aliphatic heterocycles. The fourth-order valence-corrected chi connectivity index (χ4v) is 8.03. The number of benzene rings is 2. The highest BCUT2D eigenvalue weighted by atomic mass is 79.9. The van der Waals surface area contributed by atoms with E-state index in [1.807, 2.05) is 6.07 Å². The predicted molar refractivity (Wildman–Crippen MR) is 109 cm³/mol. The molecule has 0 saturated carbocycles. The van der Waals surface area contributed by atoms with E-state index >= 15 is 0 Å². The summed E-state index contributed by atoms with van der Waals surface area (Å²) >= 11 is 6.53. The van der Waals surface area contributed by atoms with Crippen LogP contribution in [0.1, 0.15) is 5.56 Å². The summed E-state index contributed by atoms with van der Waals surface area (Å²) in [6, 6.07) is 12.6. The third kappa shape index (κ3) is 4.63. The van der Waals surface area contributed by atoms with Crippen LogP contribution >= 0.6 is 31.9 Å². The van der Waals surface area contributed by atoms with Gasteiger partial charge in [0.2, 0.25) is 10.0 Å². The van der Waals surface area contributed by atoms with Gasteiger partial charge in [-0.05, 0) is 39.7 Å². The van der Waals surface area contributed by atoms with Crippen LogP contribution in [-0.2, 0) is 26.4 Å². The van der Waals surface area contributed by atoms with Gasteiger partial charge >= 0.3 is 0 Å². The molecule has 1 saturated heterocycles. The van der Waals surface area contributed by atoms with Gasteiger partial charge in [0.1, 0.15) is 0 Å². The van der Waals surface area contributed by atoms with E-state index in [-0.39, 0.29) is 11.4 Å². The van der Waals surface area contributed by atoms with Gasteiger partial charge in [0.05, 0.1) is 28.5 Å². The van der Waals surface area contributed by atoms with E-state index in [0.717, 1.165) is 4.31 Å². The highest BCUT2D eigenvalue weighted by Crippen LogP contribution is 2.32. The zero-order valence-electron chi connectivity index (χ0n) is 14.0. The lowest BCUT2D eigenvalue weighted by molar-refractivity contribution is 0.125. The summed E-state index contributed by atoms with van der Waals surface area (Å²) in [5.74, 6) is -0.857. The number of rotatable bonds is 5. The average molecular weight is 539 g/mol. The van der Waals surface area contributed by atoms with Gasteiger partial charge in [0, 0.05) is 15.5 Å². The second-order valence-electron chi connectivity index (χ2n) is 6.32. The van der Waals surface area contributed by atoms with Gasteiger partial charge in [-0.25, -0.2) is 16.8 Å². The minimum Gasteiger partial charge on any atom is -0.390 e. The predicted octanol–water partition coefficient (Wildman–Crippen LogP) is 2.56. The smallest absolute Gasteiger partial charge is 0.244 e. The maximum absolute atomic E-state index is 13.4. The SMILES string of the molecule is O=S1(=O)C[C@@H](O)[C@H](N(Cc2ccccc2)S(=O)(=O)c2cc(Br)ccc2Br)C1. The van der Waals surface area contributed by atoms with Crippen molar-refractivity contribution in [3.63, 3.8) is 0 Å². The fraction of sp³-hybridized carbons (Fsp3) is 0.294. The number of nitrogens with zero attached hydrogens (tertiary/aromatic N) is 1. The van der Waals surface area contributed by atoms with Crippen molar-refractivity contribution in [3.8, 4) is 0 Å². The standard InChI is InChI=1S/C17H17Br2NO5S2/c18-13-6-7-14(19)17(8-13)27(24,25)20(9-12-4-2-1-3-5-12)15-10-26(22,23)11-16(15)21/h1-8,15-16,21H,9-11H2/t15-,16-/m1/s1. The van der Waals surface area contributed by atoms with Crippen molar-refractivity contribution in [1.29, 1.82) is 0 Å². The van der Waals surface area contributed by atoms with Crippen molar-refractivity contribution < 1.29 is 21.9 Å². The van der Waals surface area contributed by atoms with E-state index in [9.17, 15) is 21.9 Å². The Morgan fingerprint density at radius 1 is 1.07 bits per heavy atom. The number of aliphatic hydroxyl groups excluding tert-OH is 1. The normalized spacial score (nSPS) is 22.2. The van der Waals surface area contributed by atoms with E-state index in [4.69, 9.17) is 0 Å². The Morgan fingerprint density at radius 2 is 1.74 bits per heavy atom. The first-order valence-corrected chi connectivity index (χ1v) is 12.8. The van der Waals surface area contributed by atoms with Gasteiger partial charge in [-0.15, -0.1) is 0 Å². The summed E-state index contributed by atoms with van der Waals surface area (Å²) in [7, 11) is -7.61. The van der Waals surface area contributed by atoms with E-state index < -0.39 is 43.5 Å². The van der Waals surface area contributed by atoms with Crippen molar-refractivity contribution in [2.75, 3.05) is 11.5 Å². The van der Waals surface area contributed by atoms with Crippen LogP contribution in [0, 0.1) is 0 Å². The number of hydrogen-bond acceptors (Lipinski definition) is 5. The number of hydrogen-bond donors (Lipinski definition) is 1. The molecule has 0 aliphatic carbocycles. The third-order valence-corrected chi connectivity index (χ3v) is 9.38. The van der Waals surface area contributed by atoms with Crippen LogP contribution < -0.4 is 0 Å². The first-order chi connectivity index (χ1) is 12.6. The Hall–Kier alpha value is -0.780. The van der Waals surface area contributed by atoms with Gasteiger partial charge in [-0.3, -0.25) is 0 Å². The molecule has 1 N–H and O–H groups in total. The van der Waals surface area contributed by atoms with Crippen LogP contribution in [0.15, 0.2) is 62.4 Å². The molecule has 146 valence electrons. The number of aliphatic hydroxyl groups is 1. The average Bonchev–Trinajstić information content (AvgIpc) is 2.87. The Balaban J connectivity index is 2.10. The van der Waals surface area contributed by atoms with Crippen molar-refractivity contribution in [2.45, 2.75) is 23.6 Å². The molecule has 0 unspecified atom stereocenters. The second-order valence-corrected chi connectivity index (χ2v) is 12.1. The molecule has 0 spiro atoms. The number of halogens is 2. The van der Waals surface area contributed by atoms with Gasteiger partial charge in [0.25, 0.3) is 0 Å². The number of sulfonamides is 1. The molecule has 1 fully saturated rings. The molecule has 1 aliphatic rings. The lowest BCUT2D eigenvalue weighted by Crippen LogP contribution is -2.46. The minimum absolute atomic E-state index is 0.00399. The molecule has 10 heteroatoms. The molecule has 2 aromatic carbocycles. The van der Waals surface area contributed by atoms with E-state index in [0.29, 0.717) is 14.5 Å². The third-order valence-electron chi connectivity index (χ3n) is 4.32. The quantitative estimate of drug-likeness (QED) is 0.631. The van der Waals surface area contributed by atoms with Crippen LogP contribution in [0.2, 0.25) is 0 Å². The Labute approximate surface area is 175 Å². The molecule has 1 heterocycles. The lowest BCUT2D eigenvalue weighted by atomic mass is 10.2. The molecule has 3 rings (SSSR count). The first-order valence-electron chi connectivity index (χ1n) is 7.99. The second kappa shape index (κ2) is 7.92. The zero-order chi connectivity index (χ0) is 19.8. The van der Waals surface area contributed by atoms with Crippen molar-refractivity contribution >= 4 is 51.7 Å². The van der Waals surface area contributed by atoms with Gasteiger partial charge < -0.3 is 5.11 Å². The Kier molecular flexibility index (Phi) is 6.14. The lowest BCUT2D eigenvalue weighted by Gasteiger charge is -2.30. The van der Waals surface area contributed by atoms with Crippen molar-refractivity contribution in [1.82, 2.24) is 4.31 Å². The maximum Gasteiger partial charge on any atom is 0.244 e. The van der Waals surface area contributed by atoms with Crippen LogP contribution in [0.5, 0.6) is 0 Å². The largest absolute Gasteiger partial charge is 0.390 e. The van der Waals surface area contributed by atoms with Crippen LogP contribution in [0.25, 0.3) is 0 Å². The highest BCUT2D eigenvalue weighted by molar-refractivity contribution is 9.11. The van der Waals surface area contributed by atoms with E-state index in [1.165, 1.54) is 6.07 Å². The molecule has 0 aromatic heterocycles. The highest BCUT2D eigenvalue weighted by Gasteiger charge is 2.45. The Morgan fingerprint density at radius 3 is 2.33 bits per heavy atom. The fourth-order valence-electron chi connectivity index (χ4n) is 3.03. The number of sulfone groups is 1. The van der Waals surface area contributed by atoms with Gasteiger partial charge in [0.15, 0.2) is 9.84 Å². The molecule has 0 bridgehead atoms. The Bertz CT molecular complexity index is 1040. The molecule has 0 radical (unpaired) electrons. The summed E-state index contributed by atoms with van der Waals surface area (Å²) in [5, 5.41) is 10.3. The van der Waals surface area contributed by atoms with E-state index in [2.05, 4.69) is 31.9 Å². The summed E-state index contributed by atoms with van der Waals surface area (Å²) in [5.41, 5.74) is 0.698. The maximum atomic E-state index is 13.4. The molecular formula is C17H17Br2NO5S2. The zero-order valence-corrected chi connectivity index (χ0v) is 18.8. The van der Waals surface area contributed by atoms with Crippen LogP contribution in [-0.4, -0.2) is 49.9 Å². The minimum atomic E-state index is -4.09. The molecular weight excluding hydrogens is 522 g/mol. The van der Waals surface area contributed by atoms with Crippen LogP contribution in [0.4, 0.5) is 0 Å². The summed E-state index contributed by atoms with van der Waals surface area (Å²) < 4.78 is 52.9. The van der Waals surface area contributed by atoms with Crippen molar-refractivity contribution in [2.24, 2.45) is 0 Å². The van der Waals surface area contributed by atoms with Gasteiger partial charge in [-0.2, -0.15) is 4.31 Å². The molecule has 2 aromatic rings. The molecule has 27 heavy (non-hydrogen) atoms. The molecule has 6 nitrogen and oxygen atoms in total. The molecule has 0 amide bonds. The van der Waals surface area contributed by atoms with Crippen molar-refractivity contribution in [3.05, 3.63) is 63.0 Å². The summed E-state index contributed by atoms with van der Waals surface area (Å²) in [6.07, 6.45) is -1.28. The van der Waals surface area contributed by atoms with Crippen LogP contribution in [0.3, 0.4) is 0 Å².